The molecule has 1 aliphatic rings. The van der Waals surface area contributed by atoms with E-state index in [1.165, 1.54) is 0 Å². The molecule has 1 rings (SSSR count). The minimum absolute atomic E-state index is 0.109. The van der Waals surface area contributed by atoms with Gasteiger partial charge in [-0.15, -0.1) is 0 Å². The maximum absolute atomic E-state index is 11.8. The van der Waals surface area contributed by atoms with Crippen LogP contribution in [0.3, 0.4) is 0 Å². The second-order valence-corrected chi connectivity index (χ2v) is 4.20. The summed E-state index contributed by atoms with van der Waals surface area (Å²) in [6, 6.07) is 0. The Kier molecular flexibility index (Phi) is 5.19. The second-order valence-electron chi connectivity index (χ2n) is 4.20. The largest absolute Gasteiger partial charge is 0.335 e. The summed E-state index contributed by atoms with van der Waals surface area (Å²) < 4.78 is 0. The zero-order valence-electron chi connectivity index (χ0n) is 10.2. The lowest BCUT2D eigenvalue weighted by Crippen LogP contribution is -2.48. The van der Waals surface area contributed by atoms with E-state index >= 15 is 0 Å². The average molecular weight is 223 g/mol. The van der Waals surface area contributed by atoms with Gasteiger partial charge < -0.3 is 9.80 Å². The number of unbranched alkanes of at least 4 members (excludes halogenated alkanes) is 1. The number of allylic oxidation sites excluding steroid dienone is 1. The number of rotatable bonds is 4. The van der Waals surface area contributed by atoms with Gasteiger partial charge in [0.2, 0.25) is 0 Å². The molecule has 0 bridgehead atoms. The van der Waals surface area contributed by atoms with Gasteiger partial charge in [-0.25, -0.2) is 0 Å². The Labute approximate surface area is 97.4 Å². The maximum atomic E-state index is 11.8. The van der Waals surface area contributed by atoms with E-state index in [1.54, 1.807) is 11.0 Å². The standard InChI is InChI=1S/C12H21N3O/c1-3-4-5-6-11(13)12(16)15-9-7-14(2)8-10-15/h5-6,13H,3-4,7-10H2,1-2H3. The van der Waals surface area contributed by atoms with Crippen LogP contribution in [0.25, 0.3) is 0 Å². The van der Waals surface area contributed by atoms with Crippen LogP contribution >= 0.6 is 0 Å². The lowest BCUT2D eigenvalue weighted by atomic mass is 10.2. The van der Waals surface area contributed by atoms with Crippen molar-refractivity contribution in [1.82, 2.24) is 9.80 Å². The van der Waals surface area contributed by atoms with E-state index in [9.17, 15) is 4.79 Å². The smallest absolute Gasteiger partial charge is 0.271 e. The quantitative estimate of drug-likeness (QED) is 0.726. The minimum Gasteiger partial charge on any atom is -0.335 e. The molecule has 0 aromatic carbocycles. The van der Waals surface area contributed by atoms with Gasteiger partial charge in [0.15, 0.2) is 0 Å². The molecule has 0 aliphatic carbocycles. The summed E-state index contributed by atoms with van der Waals surface area (Å²) in [5.74, 6) is -0.138. The first-order valence-electron chi connectivity index (χ1n) is 5.88. The molecule has 1 heterocycles. The molecule has 0 spiro atoms. The van der Waals surface area contributed by atoms with E-state index in [-0.39, 0.29) is 11.6 Å². The summed E-state index contributed by atoms with van der Waals surface area (Å²) in [4.78, 5) is 15.8. The van der Waals surface area contributed by atoms with Crippen molar-refractivity contribution in [2.45, 2.75) is 19.8 Å². The highest BCUT2D eigenvalue weighted by Crippen LogP contribution is 2.01. The fourth-order valence-electron chi connectivity index (χ4n) is 1.62. The van der Waals surface area contributed by atoms with Gasteiger partial charge in [-0.05, 0) is 19.5 Å². The summed E-state index contributed by atoms with van der Waals surface area (Å²) in [6.45, 7) is 5.35. The molecule has 0 atom stereocenters. The van der Waals surface area contributed by atoms with Gasteiger partial charge in [-0.2, -0.15) is 0 Å². The van der Waals surface area contributed by atoms with Crippen LogP contribution in [0.1, 0.15) is 19.8 Å². The number of carbonyl (C=O) groups excluding carboxylic acids is 1. The average Bonchev–Trinajstić information content (AvgIpc) is 2.29. The first-order chi connectivity index (χ1) is 7.65. The molecule has 1 amide bonds. The van der Waals surface area contributed by atoms with E-state index in [0.717, 1.165) is 39.0 Å². The molecule has 16 heavy (non-hydrogen) atoms. The molecule has 90 valence electrons. The molecule has 1 N–H and O–H groups in total. The number of nitrogens with zero attached hydrogens (tertiary/aromatic N) is 2. The zero-order chi connectivity index (χ0) is 12.0. The van der Waals surface area contributed by atoms with Crippen molar-refractivity contribution < 1.29 is 4.79 Å². The van der Waals surface area contributed by atoms with E-state index in [2.05, 4.69) is 11.8 Å². The lowest BCUT2D eigenvalue weighted by molar-refractivity contribution is -0.125. The predicted octanol–water partition coefficient (Wildman–Crippen LogP) is 1.14. The molecule has 0 aromatic heterocycles. The minimum atomic E-state index is -0.138. The number of carbonyl (C=O) groups is 1. The van der Waals surface area contributed by atoms with Crippen molar-refractivity contribution in [1.29, 1.82) is 5.41 Å². The highest BCUT2D eigenvalue weighted by molar-refractivity contribution is 6.41. The number of hydrogen-bond donors (Lipinski definition) is 1. The Hall–Kier alpha value is -1.16. The first kappa shape index (κ1) is 12.9. The SMILES string of the molecule is CCCC=CC(=N)C(=O)N1CCN(C)CC1. The third-order valence-corrected chi connectivity index (χ3v) is 2.76. The van der Waals surface area contributed by atoms with Gasteiger partial charge >= 0.3 is 0 Å². The normalized spacial score (nSPS) is 18.0. The van der Waals surface area contributed by atoms with Crippen LogP contribution in [0.4, 0.5) is 0 Å². The van der Waals surface area contributed by atoms with E-state index in [4.69, 9.17) is 5.41 Å². The molecule has 0 saturated carbocycles. The molecule has 0 unspecified atom stereocenters. The van der Waals surface area contributed by atoms with Crippen molar-refractivity contribution in [3.8, 4) is 0 Å². The van der Waals surface area contributed by atoms with E-state index < -0.39 is 0 Å². The van der Waals surface area contributed by atoms with Gasteiger partial charge in [0.25, 0.3) is 5.91 Å². The molecule has 1 fully saturated rings. The highest BCUT2D eigenvalue weighted by atomic mass is 16.2. The Morgan fingerprint density at radius 3 is 2.50 bits per heavy atom. The third kappa shape index (κ3) is 3.77. The van der Waals surface area contributed by atoms with Gasteiger partial charge in [-0.1, -0.05) is 19.4 Å². The Bertz CT molecular complexity index is 278. The van der Waals surface area contributed by atoms with Gasteiger partial charge in [-0.3, -0.25) is 10.2 Å². The summed E-state index contributed by atoms with van der Waals surface area (Å²) in [5, 5.41) is 7.67. The maximum Gasteiger partial charge on any atom is 0.271 e. The van der Waals surface area contributed by atoms with Crippen LogP contribution in [0.2, 0.25) is 0 Å². The molecule has 1 aliphatic heterocycles. The van der Waals surface area contributed by atoms with E-state index in [1.807, 2.05) is 13.1 Å². The van der Waals surface area contributed by atoms with Gasteiger partial charge in [0, 0.05) is 26.2 Å². The van der Waals surface area contributed by atoms with Crippen LogP contribution in [-0.4, -0.2) is 54.6 Å². The van der Waals surface area contributed by atoms with Crippen LogP contribution < -0.4 is 0 Å². The van der Waals surface area contributed by atoms with Crippen molar-refractivity contribution >= 4 is 11.6 Å². The fraction of sp³-hybridized carbons (Fsp3) is 0.667. The zero-order valence-corrected chi connectivity index (χ0v) is 10.2. The van der Waals surface area contributed by atoms with E-state index in [0.29, 0.717) is 0 Å². The fourth-order valence-corrected chi connectivity index (χ4v) is 1.62. The number of amides is 1. The van der Waals surface area contributed by atoms with Crippen molar-refractivity contribution in [2.75, 3.05) is 33.2 Å². The van der Waals surface area contributed by atoms with Crippen LogP contribution in [-0.2, 0) is 4.79 Å². The first-order valence-corrected chi connectivity index (χ1v) is 5.88. The van der Waals surface area contributed by atoms with Gasteiger partial charge in [0.1, 0.15) is 5.71 Å². The Balaban J connectivity index is 2.41. The molecular weight excluding hydrogens is 202 g/mol. The van der Waals surface area contributed by atoms with Crippen molar-refractivity contribution in [2.24, 2.45) is 0 Å². The molecule has 1 saturated heterocycles. The van der Waals surface area contributed by atoms with Crippen molar-refractivity contribution in [3.05, 3.63) is 12.2 Å². The van der Waals surface area contributed by atoms with Gasteiger partial charge in [0.05, 0.1) is 0 Å². The number of nitrogens with one attached hydrogen (secondary N) is 1. The Morgan fingerprint density at radius 2 is 1.94 bits per heavy atom. The van der Waals surface area contributed by atoms with Crippen LogP contribution in [0.15, 0.2) is 12.2 Å². The highest BCUT2D eigenvalue weighted by Gasteiger charge is 2.20. The molecule has 4 heteroatoms. The molecule has 0 radical (unpaired) electrons. The lowest BCUT2D eigenvalue weighted by Gasteiger charge is -2.32. The van der Waals surface area contributed by atoms with Crippen LogP contribution in [0, 0.1) is 5.41 Å². The summed E-state index contributed by atoms with van der Waals surface area (Å²) in [7, 11) is 2.05. The monoisotopic (exact) mass is 223 g/mol. The summed E-state index contributed by atoms with van der Waals surface area (Å²) >= 11 is 0. The molecule has 0 aromatic rings. The summed E-state index contributed by atoms with van der Waals surface area (Å²) in [5.41, 5.74) is 0.109. The van der Waals surface area contributed by atoms with Crippen LogP contribution in [0.5, 0.6) is 0 Å². The topological polar surface area (TPSA) is 47.4 Å². The number of likely N-dealkylation sites (N-methyl/N-ethyl adjacent to an activating group) is 1. The molecular formula is C12H21N3O. The number of piperazine rings is 1. The Morgan fingerprint density at radius 1 is 1.31 bits per heavy atom. The predicted molar refractivity (Wildman–Crippen MR) is 65.9 cm³/mol. The third-order valence-electron chi connectivity index (χ3n) is 2.76. The number of hydrogen-bond acceptors (Lipinski definition) is 3. The molecule has 4 nitrogen and oxygen atoms in total. The second kappa shape index (κ2) is 6.43. The summed E-state index contributed by atoms with van der Waals surface area (Å²) in [6.07, 6.45) is 5.51. The van der Waals surface area contributed by atoms with Crippen molar-refractivity contribution in [3.63, 3.8) is 0 Å².